The minimum absolute atomic E-state index is 0.124. The van der Waals surface area contributed by atoms with Gasteiger partial charge < -0.3 is 10.1 Å². The third-order valence-electron chi connectivity index (χ3n) is 2.61. The second-order valence-corrected chi connectivity index (χ2v) is 4.19. The summed E-state index contributed by atoms with van der Waals surface area (Å²) < 4.78 is 4.54. The Bertz CT molecular complexity index is 217. The van der Waals surface area contributed by atoms with Crippen LogP contribution in [0.3, 0.4) is 0 Å². The highest BCUT2D eigenvalue weighted by Gasteiger charge is 2.02. The van der Waals surface area contributed by atoms with Gasteiger partial charge >= 0.3 is 5.97 Å². The van der Waals surface area contributed by atoms with Crippen molar-refractivity contribution in [3.05, 3.63) is 0 Å². The van der Waals surface area contributed by atoms with E-state index in [1.807, 2.05) is 0 Å². The Kier molecular flexibility index (Phi) is 10.7. The first-order chi connectivity index (χ1) is 8.20. The quantitative estimate of drug-likeness (QED) is 0.473. The van der Waals surface area contributed by atoms with E-state index in [4.69, 9.17) is 0 Å². The van der Waals surface area contributed by atoms with E-state index < -0.39 is 0 Å². The monoisotopic (exact) mass is 243 g/mol. The third kappa shape index (κ3) is 11.2. The van der Waals surface area contributed by atoms with Crippen LogP contribution in [0.4, 0.5) is 0 Å². The Hall–Kier alpha value is -1.06. The molecule has 0 unspecified atom stereocenters. The van der Waals surface area contributed by atoms with Crippen LogP contribution in [0.2, 0.25) is 0 Å². The molecule has 4 nitrogen and oxygen atoms in total. The maximum atomic E-state index is 11.4. The highest BCUT2D eigenvalue weighted by Crippen LogP contribution is 2.03. The molecule has 0 bridgehead atoms. The Balaban J connectivity index is 3.24. The normalized spacial score (nSPS) is 10.0. The number of carbonyl (C=O) groups excluding carboxylic acids is 2. The van der Waals surface area contributed by atoms with Gasteiger partial charge in [0.05, 0.1) is 7.11 Å². The van der Waals surface area contributed by atoms with Crippen molar-refractivity contribution in [1.29, 1.82) is 0 Å². The molecule has 0 heterocycles. The zero-order chi connectivity index (χ0) is 12.9. The van der Waals surface area contributed by atoms with Crippen molar-refractivity contribution in [3.8, 4) is 0 Å². The summed E-state index contributed by atoms with van der Waals surface area (Å²) >= 11 is 0. The molecule has 0 fully saturated rings. The first-order valence-electron chi connectivity index (χ1n) is 6.54. The van der Waals surface area contributed by atoms with Crippen LogP contribution in [-0.4, -0.2) is 25.5 Å². The number of nitrogens with one attached hydrogen (secondary N) is 1. The molecule has 0 rings (SSSR count). The van der Waals surface area contributed by atoms with Crippen LogP contribution >= 0.6 is 0 Å². The Morgan fingerprint density at radius 3 is 2.35 bits per heavy atom. The standard InChI is InChI=1S/C13H25NO3/c1-3-4-8-11-14-12(15)9-6-5-7-10-13(16)17-2/h3-11H2,1-2H3,(H,14,15). The van der Waals surface area contributed by atoms with Crippen molar-refractivity contribution in [2.24, 2.45) is 0 Å². The number of methoxy groups -OCH3 is 1. The van der Waals surface area contributed by atoms with E-state index in [1.165, 1.54) is 20.0 Å². The molecule has 100 valence electrons. The van der Waals surface area contributed by atoms with Crippen LogP contribution in [0, 0.1) is 0 Å². The summed E-state index contributed by atoms with van der Waals surface area (Å²) in [5.74, 6) is -0.0480. The smallest absolute Gasteiger partial charge is 0.305 e. The molecule has 0 aliphatic heterocycles. The van der Waals surface area contributed by atoms with Gasteiger partial charge in [0, 0.05) is 19.4 Å². The number of hydrogen-bond acceptors (Lipinski definition) is 3. The minimum atomic E-state index is -0.172. The van der Waals surface area contributed by atoms with E-state index in [-0.39, 0.29) is 11.9 Å². The molecule has 0 aromatic heterocycles. The van der Waals surface area contributed by atoms with Crippen LogP contribution in [0.25, 0.3) is 0 Å². The van der Waals surface area contributed by atoms with Gasteiger partial charge in [0.25, 0.3) is 0 Å². The molecule has 0 atom stereocenters. The first kappa shape index (κ1) is 15.9. The number of unbranched alkanes of at least 4 members (excludes halogenated alkanes) is 4. The van der Waals surface area contributed by atoms with Crippen molar-refractivity contribution in [2.75, 3.05) is 13.7 Å². The molecule has 1 amide bonds. The van der Waals surface area contributed by atoms with Crippen molar-refractivity contribution in [3.63, 3.8) is 0 Å². The summed E-state index contributed by atoms with van der Waals surface area (Å²) in [6, 6.07) is 0. The van der Waals surface area contributed by atoms with Crippen molar-refractivity contribution in [1.82, 2.24) is 5.32 Å². The Labute approximate surface area is 104 Å². The molecule has 0 saturated carbocycles. The Morgan fingerprint density at radius 1 is 1.00 bits per heavy atom. The van der Waals surface area contributed by atoms with E-state index in [9.17, 15) is 9.59 Å². The van der Waals surface area contributed by atoms with Crippen LogP contribution in [0.15, 0.2) is 0 Å². The van der Waals surface area contributed by atoms with Crippen molar-refractivity contribution >= 4 is 11.9 Å². The number of hydrogen-bond donors (Lipinski definition) is 1. The maximum Gasteiger partial charge on any atom is 0.305 e. The SMILES string of the molecule is CCCCCNC(=O)CCCCCC(=O)OC. The predicted molar refractivity (Wildman–Crippen MR) is 67.6 cm³/mol. The molecule has 17 heavy (non-hydrogen) atoms. The maximum absolute atomic E-state index is 11.4. The fourth-order valence-electron chi connectivity index (χ4n) is 1.52. The van der Waals surface area contributed by atoms with Crippen LogP contribution < -0.4 is 5.32 Å². The topological polar surface area (TPSA) is 55.4 Å². The summed E-state index contributed by atoms with van der Waals surface area (Å²) in [7, 11) is 1.39. The average molecular weight is 243 g/mol. The summed E-state index contributed by atoms with van der Waals surface area (Å²) in [6.45, 7) is 2.93. The van der Waals surface area contributed by atoms with Gasteiger partial charge in [0.15, 0.2) is 0 Å². The van der Waals surface area contributed by atoms with Gasteiger partial charge in [0.1, 0.15) is 0 Å². The van der Waals surface area contributed by atoms with Gasteiger partial charge in [-0.3, -0.25) is 9.59 Å². The van der Waals surface area contributed by atoms with E-state index >= 15 is 0 Å². The zero-order valence-corrected chi connectivity index (χ0v) is 11.1. The largest absolute Gasteiger partial charge is 0.469 e. The van der Waals surface area contributed by atoms with Gasteiger partial charge in [-0.2, -0.15) is 0 Å². The van der Waals surface area contributed by atoms with Gasteiger partial charge in [-0.05, 0) is 19.3 Å². The zero-order valence-electron chi connectivity index (χ0n) is 11.1. The molecule has 0 aromatic rings. The molecular weight excluding hydrogens is 218 g/mol. The molecule has 0 aromatic carbocycles. The number of ether oxygens (including phenoxy) is 1. The number of amides is 1. The fraction of sp³-hybridized carbons (Fsp3) is 0.846. The van der Waals surface area contributed by atoms with Crippen molar-refractivity contribution in [2.45, 2.75) is 58.3 Å². The molecular formula is C13H25NO3. The molecule has 4 heteroatoms. The third-order valence-corrected chi connectivity index (χ3v) is 2.61. The molecule has 0 aliphatic rings. The minimum Gasteiger partial charge on any atom is -0.469 e. The number of esters is 1. The second-order valence-electron chi connectivity index (χ2n) is 4.19. The van der Waals surface area contributed by atoms with Gasteiger partial charge in [-0.1, -0.05) is 26.2 Å². The highest BCUT2D eigenvalue weighted by molar-refractivity contribution is 5.75. The van der Waals surface area contributed by atoms with E-state index in [1.54, 1.807) is 0 Å². The summed E-state index contributed by atoms with van der Waals surface area (Å²) in [6.07, 6.45) is 6.96. The number of carbonyl (C=O) groups is 2. The van der Waals surface area contributed by atoms with Gasteiger partial charge in [0.2, 0.25) is 5.91 Å². The molecule has 1 N–H and O–H groups in total. The van der Waals surface area contributed by atoms with Crippen LogP contribution in [0.5, 0.6) is 0 Å². The lowest BCUT2D eigenvalue weighted by Crippen LogP contribution is -2.23. The summed E-state index contributed by atoms with van der Waals surface area (Å²) in [5, 5.41) is 2.90. The molecule has 0 aliphatic carbocycles. The first-order valence-corrected chi connectivity index (χ1v) is 6.54. The number of rotatable bonds is 10. The van der Waals surface area contributed by atoms with Crippen LogP contribution in [0.1, 0.15) is 58.3 Å². The Morgan fingerprint density at radius 2 is 1.71 bits per heavy atom. The van der Waals surface area contributed by atoms with E-state index in [2.05, 4.69) is 17.0 Å². The molecule has 0 radical (unpaired) electrons. The molecule has 0 saturated heterocycles. The van der Waals surface area contributed by atoms with Crippen molar-refractivity contribution < 1.29 is 14.3 Å². The van der Waals surface area contributed by atoms with Crippen LogP contribution in [-0.2, 0) is 14.3 Å². The summed E-state index contributed by atoms with van der Waals surface area (Å²) in [4.78, 5) is 22.2. The lowest BCUT2D eigenvalue weighted by Gasteiger charge is -2.04. The fourth-order valence-corrected chi connectivity index (χ4v) is 1.52. The predicted octanol–water partition coefficient (Wildman–Crippen LogP) is 2.42. The highest BCUT2D eigenvalue weighted by atomic mass is 16.5. The lowest BCUT2D eigenvalue weighted by molar-refractivity contribution is -0.140. The summed E-state index contributed by atoms with van der Waals surface area (Å²) in [5.41, 5.74) is 0. The van der Waals surface area contributed by atoms with E-state index in [0.717, 1.165) is 32.2 Å². The second kappa shape index (κ2) is 11.4. The van der Waals surface area contributed by atoms with E-state index in [0.29, 0.717) is 12.8 Å². The lowest BCUT2D eigenvalue weighted by atomic mass is 10.1. The average Bonchev–Trinajstić information content (AvgIpc) is 2.34. The molecule has 0 spiro atoms. The van der Waals surface area contributed by atoms with Gasteiger partial charge in [-0.25, -0.2) is 0 Å². The van der Waals surface area contributed by atoms with Gasteiger partial charge in [-0.15, -0.1) is 0 Å².